The topological polar surface area (TPSA) is 85.8 Å². The average Bonchev–Trinajstić information content (AvgIpc) is 2.71. The van der Waals surface area contributed by atoms with Crippen LogP contribution in [0.4, 0.5) is 13.2 Å². The monoisotopic (exact) mass is 283 g/mol. The van der Waals surface area contributed by atoms with Gasteiger partial charge in [0.2, 0.25) is 5.91 Å². The standard InChI is InChI=1S/C8H12F3N5OS/c9-8(10,11)18-2-1-13-7(17)5-16-4-6(3-12)14-15-16/h4H,1-3,5,12H2,(H,13,17). The molecule has 1 heterocycles. The summed E-state index contributed by atoms with van der Waals surface area (Å²) in [6.45, 7) is 0.0645. The predicted molar refractivity (Wildman–Crippen MR) is 59.4 cm³/mol. The van der Waals surface area contributed by atoms with Crippen molar-refractivity contribution in [3.63, 3.8) is 0 Å². The summed E-state index contributed by atoms with van der Waals surface area (Å²) in [7, 11) is 0. The van der Waals surface area contributed by atoms with Crippen LogP contribution in [0.25, 0.3) is 0 Å². The molecule has 0 aromatic carbocycles. The van der Waals surface area contributed by atoms with Crippen LogP contribution in [0.1, 0.15) is 5.69 Å². The van der Waals surface area contributed by atoms with Crippen LogP contribution in [0.15, 0.2) is 6.20 Å². The number of hydrogen-bond acceptors (Lipinski definition) is 5. The fourth-order valence-electron chi connectivity index (χ4n) is 1.07. The summed E-state index contributed by atoms with van der Waals surface area (Å²) in [6, 6.07) is 0. The number of nitrogens with one attached hydrogen (secondary N) is 1. The third-order valence-electron chi connectivity index (χ3n) is 1.79. The molecule has 0 bridgehead atoms. The van der Waals surface area contributed by atoms with E-state index in [4.69, 9.17) is 5.73 Å². The highest BCUT2D eigenvalue weighted by Gasteiger charge is 2.27. The normalized spacial score (nSPS) is 11.6. The first-order valence-corrected chi connectivity index (χ1v) is 5.96. The molecule has 1 rings (SSSR count). The largest absolute Gasteiger partial charge is 0.441 e. The van der Waals surface area contributed by atoms with Crippen molar-refractivity contribution in [1.82, 2.24) is 20.3 Å². The summed E-state index contributed by atoms with van der Waals surface area (Å²) >= 11 is -0.176. The Morgan fingerprint density at radius 2 is 2.28 bits per heavy atom. The Kier molecular flexibility index (Phi) is 5.41. The van der Waals surface area contributed by atoms with E-state index in [9.17, 15) is 18.0 Å². The lowest BCUT2D eigenvalue weighted by atomic mass is 10.5. The first kappa shape index (κ1) is 14.8. The first-order valence-electron chi connectivity index (χ1n) is 4.97. The number of amides is 1. The molecule has 0 fully saturated rings. The maximum Gasteiger partial charge on any atom is 0.441 e. The van der Waals surface area contributed by atoms with Crippen LogP contribution in [-0.2, 0) is 17.9 Å². The van der Waals surface area contributed by atoms with Gasteiger partial charge in [0.1, 0.15) is 6.54 Å². The number of thioether (sulfide) groups is 1. The molecule has 1 aromatic rings. The van der Waals surface area contributed by atoms with Gasteiger partial charge in [0.05, 0.1) is 11.9 Å². The van der Waals surface area contributed by atoms with E-state index in [0.29, 0.717) is 5.69 Å². The number of aromatic nitrogens is 3. The van der Waals surface area contributed by atoms with Crippen molar-refractivity contribution in [3.8, 4) is 0 Å². The van der Waals surface area contributed by atoms with Crippen LogP contribution in [-0.4, -0.2) is 38.7 Å². The number of nitrogens with zero attached hydrogens (tertiary/aromatic N) is 3. The van der Waals surface area contributed by atoms with Gasteiger partial charge in [-0.2, -0.15) is 13.2 Å². The highest BCUT2D eigenvalue weighted by Crippen LogP contribution is 2.29. The van der Waals surface area contributed by atoms with Gasteiger partial charge in [-0.3, -0.25) is 4.79 Å². The van der Waals surface area contributed by atoms with Gasteiger partial charge in [-0.15, -0.1) is 5.10 Å². The molecule has 3 N–H and O–H groups in total. The fourth-order valence-corrected chi connectivity index (χ4v) is 1.51. The van der Waals surface area contributed by atoms with E-state index < -0.39 is 11.4 Å². The maximum atomic E-state index is 11.8. The minimum atomic E-state index is -4.27. The minimum Gasteiger partial charge on any atom is -0.354 e. The van der Waals surface area contributed by atoms with Crippen LogP contribution < -0.4 is 11.1 Å². The van der Waals surface area contributed by atoms with Gasteiger partial charge in [-0.25, -0.2) is 4.68 Å². The van der Waals surface area contributed by atoms with Gasteiger partial charge in [0, 0.05) is 18.8 Å². The molecule has 6 nitrogen and oxygen atoms in total. The summed E-state index contributed by atoms with van der Waals surface area (Å²) < 4.78 is 36.6. The molecule has 0 saturated carbocycles. The zero-order valence-electron chi connectivity index (χ0n) is 9.28. The van der Waals surface area contributed by atoms with E-state index in [-0.39, 0.29) is 37.1 Å². The molecule has 1 aromatic heterocycles. The van der Waals surface area contributed by atoms with Gasteiger partial charge in [0.15, 0.2) is 0 Å². The third kappa shape index (κ3) is 5.87. The highest BCUT2D eigenvalue weighted by atomic mass is 32.2. The van der Waals surface area contributed by atoms with Crippen LogP contribution >= 0.6 is 11.8 Å². The van der Waals surface area contributed by atoms with Crippen molar-refractivity contribution >= 4 is 17.7 Å². The van der Waals surface area contributed by atoms with Crippen molar-refractivity contribution in [1.29, 1.82) is 0 Å². The van der Waals surface area contributed by atoms with Crippen LogP contribution in [0.2, 0.25) is 0 Å². The third-order valence-corrected chi connectivity index (χ3v) is 2.53. The van der Waals surface area contributed by atoms with Crippen molar-refractivity contribution < 1.29 is 18.0 Å². The lowest BCUT2D eigenvalue weighted by molar-refractivity contribution is -0.121. The van der Waals surface area contributed by atoms with Crippen molar-refractivity contribution in [3.05, 3.63) is 11.9 Å². The van der Waals surface area contributed by atoms with Crippen molar-refractivity contribution in [2.75, 3.05) is 12.3 Å². The Hall–Kier alpha value is -1.29. The molecule has 18 heavy (non-hydrogen) atoms. The number of alkyl halides is 3. The number of nitrogens with two attached hydrogens (primary N) is 1. The predicted octanol–water partition coefficient (Wildman–Crippen LogP) is 0.106. The summed E-state index contributed by atoms with van der Waals surface area (Å²) in [5, 5.41) is 9.66. The van der Waals surface area contributed by atoms with Gasteiger partial charge < -0.3 is 11.1 Å². The number of carbonyl (C=O) groups is 1. The Bertz CT molecular complexity index is 394. The van der Waals surface area contributed by atoms with Crippen molar-refractivity contribution in [2.45, 2.75) is 18.6 Å². The molecule has 10 heteroatoms. The molecular weight excluding hydrogens is 271 g/mol. The van der Waals surface area contributed by atoms with E-state index in [2.05, 4.69) is 15.6 Å². The summed E-state index contributed by atoms with van der Waals surface area (Å²) in [5.74, 6) is -0.646. The van der Waals surface area contributed by atoms with Crippen LogP contribution in [0.5, 0.6) is 0 Å². The SMILES string of the molecule is NCc1cn(CC(=O)NCCSC(F)(F)F)nn1. The molecule has 0 aliphatic carbocycles. The van der Waals surface area contributed by atoms with Crippen molar-refractivity contribution in [2.24, 2.45) is 5.73 Å². The molecule has 102 valence electrons. The molecule has 0 aliphatic rings. The van der Waals surface area contributed by atoms with Crippen LogP contribution in [0, 0.1) is 0 Å². The fraction of sp³-hybridized carbons (Fsp3) is 0.625. The molecule has 0 spiro atoms. The number of carbonyl (C=O) groups excluding carboxylic acids is 1. The zero-order chi connectivity index (χ0) is 13.6. The Morgan fingerprint density at radius 1 is 1.56 bits per heavy atom. The lowest BCUT2D eigenvalue weighted by Crippen LogP contribution is -2.30. The second-order valence-electron chi connectivity index (χ2n) is 3.26. The van der Waals surface area contributed by atoms with Gasteiger partial charge in [-0.1, -0.05) is 5.21 Å². The molecule has 1 amide bonds. The highest BCUT2D eigenvalue weighted by molar-refractivity contribution is 8.00. The molecular formula is C8H12F3N5OS. The summed E-state index contributed by atoms with van der Waals surface area (Å²) in [4.78, 5) is 11.3. The number of rotatable bonds is 6. The molecule has 0 atom stereocenters. The minimum absolute atomic E-state index is 0.0541. The number of hydrogen-bond donors (Lipinski definition) is 2. The number of halogens is 3. The Morgan fingerprint density at radius 3 is 2.83 bits per heavy atom. The van der Waals surface area contributed by atoms with Gasteiger partial charge in [0.25, 0.3) is 0 Å². The molecule has 0 aliphatic heterocycles. The lowest BCUT2D eigenvalue weighted by Gasteiger charge is -2.06. The van der Waals surface area contributed by atoms with E-state index in [0.717, 1.165) is 0 Å². The Balaban J connectivity index is 2.21. The average molecular weight is 283 g/mol. The van der Waals surface area contributed by atoms with E-state index in [1.165, 1.54) is 10.9 Å². The summed E-state index contributed by atoms with van der Waals surface area (Å²) in [6.07, 6.45) is 1.50. The van der Waals surface area contributed by atoms with Gasteiger partial charge >= 0.3 is 5.51 Å². The van der Waals surface area contributed by atoms with Gasteiger partial charge in [-0.05, 0) is 11.8 Å². The van der Waals surface area contributed by atoms with Crippen LogP contribution in [0.3, 0.4) is 0 Å². The quantitative estimate of drug-likeness (QED) is 0.724. The molecule has 0 unspecified atom stereocenters. The van der Waals surface area contributed by atoms with E-state index >= 15 is 0 Å². The molecule has 0 saturated heterocycles. The second-order valence-corrected chi connectivity index (χ2v) is 4.42. The summed E-state index contributed by atoms with van der Waals surface area (Å²) in [5.41, 5.74) is 1.57. The zero-order valence-corrected chi connectivity index (χ0v) is 10.1. The maximum absolute atomic E-state index is 11.8. The van der Waals surface area contributed by atoms with E-state index in [1.807, 2.05) is 0 Å². The first-order chi connectivity index (χ1) is 8.40. The van der Waals surface area contributed by atoms with E-state index in [1.54, 1.807) is 0 Å². The smallest absolute Gasteiger partial charge is 0.354 e. The molecule has 0 radical (unpaired) electrons. The Labute approximate surface area is 105 Å². The second kappa shape index (κ2) is 6.59.